The summed E-state index contributed by atoms with van der Waals surface area (Å²) in [5, 5.41) is 9.64. The third-order valence-electron chi connectivity index (χ3n) is 6.81. The molecule has 6 rings (SSSR count). The predicted octanol–water partition coefficient (Wildman–Crippen LogP) is 2.17. The molecule has 1 saturated heterocycles. The number of ether oxygens (including phenoxy) is 1. The number of nitrogens with zero attached hydrogens (tertiary/aromatic N) is 8. The Balaban J connectivity index is 1.11. The molecule has 0 aliphatic carbocycles. The monoisotopic (exact) mass is 571 g/mol. The quantitative estimate of drug-likeness (QED) is 0.281. The molecule has 1 aliphatic rings. The number of benzene rings is 1. The molecule has 1 aromatic carbocycles. The first kappa shape index (κ1) is 26.1. The molecule has 40 heavy (non-hydrogen) atoms. The highest BCUT2D eigenvalue weighted by Crippen LogP contribution is 2.29. The first-order valence-electron chi connectivity index (χ1n) is 12.7. The number of halogens is 2. The molecule has 1 unspecified atom stereocenters. The number of nitrogen functional groups attached to an aromatic ring is 1. The van der Waals surface area contributed by atoms with Crippen molar-refractivity contribution in [3.8, 4) is 17.3 Å². The highest BCUT2D eigenvalue weighted by atomic mass is 32.2. The van der Waals surface area contributed by atoms with E-state index in [4.69, 9.17) is 14.9 Å². The minimum atomic E-state index is -1.06. The highest BCUT2D eigenvalue weighted by Gasteiger charge is 2.23. The number of furan rings is 1. The number of hydrogen-bond donors (Lipinski definition) is 1. The summed E-state index contributed by atoms with van der Waals surface area (Å²) in [4.78, 5) is 13.2. The molecule has 5 aromatic rings. The Morgan fingerprint density at radius 3 is 2.67 bits per heavy atom. The van der Waals surface area contributed by atoms with Gasteiger partial charge >= 0.3 is 0 Å². The minimum absolute atomic E-state index is 0.0420. The van der Waals surface area contributed by atoms with Gasteiger partial charge in [0.1, 0.15) is 5.82 Å². The van der Waals surface area contributed by atoms with Gasteiger partial charge in [0, 0.05) is 61.9 Å². The van der Waals surface area contributed by atoms with Gasteiger partial charge in [0.25, 0.3) is 0 Å². The first-order valence-corrected chi connectivity index (χ1v) is 14.4. The number of hydrogen-bond acceptors (Lipinski definition) is 10. The van der Waals surface area contributed by atoms with E-state index in [-0.39, 0.29) is 29.7 Å². The van der Waals surface area contributed by atoms with Crippen LogP contribution >= 0.6 is 0 Å². The molecule has 1 fully saturated rings. The number of anilines is 2. The Morgan fingerprint density at radius 2 is 1.93 bits per heavy atom. The molecule has 0 radical (unpaired) electrons. The van der Waals surface area contributed by atoms with Gasteiger partial charge in [-0.3, -0.25) is 9.11 Å². The van der Waals surface area contributed by atoms with E-state index < -0.39 is 22.4 Å². The summed E-state index contributed by atoms with van der Waals surface area (Å²) in [5.74, 6) is -0.0574. The van der Waals surface area contributed by atoms with E-state index in [1.54, 1.807) is 35.5 Å². The van der Waals surface area contributed by atoms with Gasteiger partial charge in [-0.05, 0) is 12.1 Å². The Bertz CT molecular complexity index is 1680. The van der Waals surface area contributed by atoms with Gasteiger partial charge < -0.3 is 19.8 Å². The van der Waals surface area contributed by atoms with Crippen LogP contribution in [0, 0.1) is 11.6 Å². The molecule has 0 bridgehead atoms. The molecule has 0 spiro atoms. The second kappa shape index (κ2) is 10.8. The topological polar surface area (TPSA) is 133 Å². The van der Waals surface area contributed by atoms with E-state index >= 15 is 0 Å². The van der Waals surface area contributed by atoms with Gasteiger partial charge in [-0.25, -0.2) is 18.4 Å². The summed E-state index contributed by atoms with van der Waals surface area (Å²) in [6.45, 7) is 3.82. The van der Waals surface area contributed by atoms with Crippen LogP contribution in [0.4, 0.5) is 20.4 Å². The van der Waals surface area contributed by atoms with Crippen molar-refractivity contribution in [1.29, 1.82) is 0 Å². The first-order chi connectivity index (χ1) is 19.4. The van der Waals surface area contributed by atoms with Crippen LogP contribution in [0.15, 0.2) is 41.1 Å². The van der Waals surface area contributed by atoms with Crippen molar-refractivity contribution < 1.29 is 22.1 Å². The Morgan fingerprint density at radius 1 is 1.10 bits per heavy atom. The summed E-state index contributed by atoms with van der Waals surface area (Å²) in [7, 11) is -1.06. The molecule has 1 atom stereocenters. The lowest BCUT2D eigenvalue weighted by atomic mass is 10.2. The average Bonchev–Trinajstić information content (AvgIpc) is 3.69. The maximum atomic E-state index is 14.6. The summed E-state index contributed by atoms with van der Waals surface area (Å²) >= 11 is 0. The van der Waals surface area contributed by atoms with Crippen LogP contribution in [-0.2, 0) is 17.3 Å². The molecule has 15 heteroatoms. The highest BCUT2D eigenvalue weighted by molar-refractivity contribution is 7.84. The molecular formula is C25H27F2N9O3S. The average molecular weight is 572 g/mol. The Hall–Kier alpha value is -4.11. The van der Waals surface area contributed by atoms with Crippen molar-refractivity contribution in [3.05, 3.63) is 48.4 Å². The van der Waals surface area contributed by atoms with E-state index in [2.05, 4.69) is 25.1 Å². The Kier molecular flexibility index (Phi) is 7.06. The van der Waals surface area contributed by atoms with E-state index in [1.165, 1.54) is 10.6 Å². The van der Waals surface area contributed by atoms with Crippen molar-refractivity contribution in [3.63, 3.8) is 0 Å². The largest absolute Gasteiger partial charge is 0.489 e. The lowest BCUT2D eigenvalue weighted by Crippen LogP contribution is -2.47. The standard InChI is InChI=1S/C25H27F2N9O3S/c1-40(37)12-11-39-21-14-19(17(26)13-18(21)27)34-7-4-33(5-8-34)6-9-35-23-16(15-29-35)24-30-22(20-3-2-10-38-20)32-36(24)25(28)31-23/h2-3,10,13-15H,4-9,11-12H2,1H3,(H2,28,31). The second-order valence-electron chi connectivity index (χ2n) is 9.41. The summed E-state index contributed by atoms with van der Waals surface area (Å²) in [6.07, 6.45) is 4.80. The fourth-order valence-corrected chi connectivity index (χ4v) is 5.04. The zero-order valence-electron chi connectivity index (χ0n) is 21.7. The maximum Gasteiger partial charge on any atom is 0.225 e. The fourth-order valence-electron chi connectivity index (χ4n) is 4.72. The predicted molar refractivity (Wildman–Crippen MR) is 146 cm³/mol. The molecular weight excluding hydrogens is 544 g/mol. The van der Waals surface area contributed by atoms with Crippen LogP contribution < -0.4 is 15.4 Å². The van der Waals surface area contributed by atoms with Crippen LogP contribution in [-0.4, -0.2) is 89.8 Å². The van der Waals surface area contributed by atoms with Gasteiger partial charge in [0.05, 0.1) is 42.4 Å². The number of fused-ring (bicyclic) bond motifs is 3. The van der Waals surface area contributed by atoms with E-state index in [9.17, 15) is 13.0 Å². The van der Waals surface area contributed by atoms with Gasteiger partial charge in [-0.15, -0.1) is 5.10 Å². The van der Waals surface area contributed by atoms with Gasteiger partial charge in [-0.2, -0.15) is 14.6 Å². The molecule has 1 aliphatic heterocycles. The van der Waals surface area contributed by atoms with E-state index in [0.29, 0.717) is 62.1 Å². The number of nitrogens with two attached hydrogens (primary N) is 1. The third kappa shape index (κ3) is 5.09. The normalized spacial score (nSPS) is 15.3. The third-order valence-corrected chi connectivity index (χ3v) is 7.55. The summed E-state index contributed by atoms with van der Waals surface area (Å²) < 4.78 is 54.2. The van der Waals surface area contributed by atoms with Gasteiger partial charge in [0.2, 0.25) is 11.8 Å². The molecule has 0 saturated carbocycles. The number of rotatable bonds is 9. The second-order valence-corrected chi connectivity index (χ2v) is 11.0. The molecule has 12 nitrogen and oxygen atoms in total. The van der Waals surface area contributed by atoms with Crippen molar-refractivity contribution in [2.75, 3.05) is 62.0 Å². The van der Waals surface area contributed by atoms with Crippen LogP contribution in [0.5, 0.6) is 5.75 Å². The minimum Gasteiger partial charge on any atom is -0.489 e. The molecule has 2 N–H and O–H groups in total. The lowest BCUT2D eigenvalue weighted by Gasteiger charge is -2.36. The summed E-state index contributed by atoms with van der Waals surface area (Å²) in [6, 6.07) is 5.75. The summed E-state index contributed by atoms with van der Waals surface area (Å²) in [5.41, 5.74) is 7.62. The molecule has 0 amide bonds. The SMILES string of the molecule is CS(=O)CCOc1cc(N2CCN(CCn3ncc4c3nc(N)n3nc(-c5ccco5)nc43)CC2)c(F)cc1F. The Labute approximate surface area is 229 Å². The molecule has 210 valence electrons. The van der Waals surface area contributed by atoms with Crippen LogP contribution in [0.2, 0.25) is 0 Å². The van der Waals surface area contributed by atoms with E-state index in [1.807, 2.05) is 4.90 Å². The smallest absolute Gasteiger partial charge is 0.225 e. The number of aromatic nitrogens is 6. The van der Waals surface area contributed by atoms with Crippen LogP contribution in [0.1, 0.15) is 0 Å². The fraction of sp³-hybridized carbons (Fsp3) is 0.360. The zero-order valence-corrected chi connectivity index (χ0v) is 22.5. The number of piperazine rings is 1. The van der Waals surface area contributed by atoms with Crippen molar-refractivity contribution in [2.24, 2.45) is 0 Å². The van der Waals surface area contributed by atoms with Gasteiger partial charge in [0.15, 0.2) is 28.6 Å². The molecule has 4 aromatic heterocycles. The zero-order chi connectivity index (χ0) is 27.8. The maximum absolute atomic E-state index is 14.6. The lowest BCUT2D eigenvalue weighted by molar-refractivity contribution is 0.245. The van der Waals surface area contributed by atoms with Crippen molar-refractivity contribution >= 4 is 39.1 Å². The van der Waals surface area contributed by atoms with Crippen LogP contribution in [0.25, 0.3) is 28.3 Å². The van der Waals surface area contributed by atoms with E-state index in [0.717, 1.165) is 11.5 Å². The van der Waals surface area contributed by atoms with Crippen molar-refractivity contribution in [1.82, 2.24) is 34.3 Å². The van der Waals surface area contributed by atoms with Gasteiger partial charge in [-0.1, -0.05) is 0 Å². The molecule has 5 heterocycles. The van der Waals surface area contributed by atoms with Crippen LogP contribution in [0.3, 0.4) is 0 Å². The van der Waals surface area contributed by atoms with Crippen molar-refractivity contribution in [2.45, 2.75) is 6.54 Å².